The van der Waals surface area contributed by atoms with E-state index in [0.717, 1.165) is 19.0 Å². The van der Waals surface area contributed by atoms with Gasteiger partial charge in [0.25, 0.3) is 0 Å². The Hall–Kier alpha value is -0.900. The van der Waals surface area contributed by atoms with Crippen LogP contribution in [-0.2, 0) is 6.42 Å². The molecule has 2 aliphatic rings. The summed E-state index contributed by atoms with van der Waals surface area (Å²) < 4.78 is 0. The summed E-state index contributed by atoms with van der Waals surface area (Å²) in [5, 5.41) is 0. The van der Waals surface area contributed by atoms with Crippen LogP contribution in [0, 0.1) is 0 Å². The van der Waals surface area contributed by atoms with Crippen LogP contribution in [0.2, 0.25) is 0 Å². The van der Waals surface area contributed by atoms with Crippen molar-refractivity contribution in [3.05, 3.63) is 35.4 Å². The Balaban J connectivity index is 1.57. The van der Waals surface area contributed by atoms with E-state index in [1.165, 1.54) is 52.0 Å². The molecule has 3 heteroatoms. The van der Waals surface area contributed by atoms with Crippen molar-refractivity contribution in [3.63, 3.8) is 0 Å². The van der Waals surface area contributed by atoms with E-state index in [9.17, 15) is 0 Å². The third-order valence-corrected chi connectivity index (χ3v) is 4.88. The van der Waals surface area contributed by atoms with Crippen molar-refractivity contribution in [2.45, 2.75) is 25.2 Å². The van der Waals surface area contributed by atoms with Crippen LogP contribution < -0.4 is 5.73 Å². The molecule has 3 nitrogen and oxygen atoms in total. The lowest BCUT2D eigenvalue weighted by Crippen LogP contribution is -2.48. The van der Waals surface area contributed by atoms with Gasteiger partial charge < -0.3 is 10.6 Å². The van der Waals surface area contributed by atoms with Gasteiger partial charge in [-0.1, -0.05) is 24.3 Å². The molecule has 1 unspecified atom stereocenters. The fourth-order valence-electron chi connectivity index (χ4n) is 3.73. The molecule has 3 rings (SSSR count). The highest BCUT2D eigenvalue weighted by Crippen LogP contribution is 2.32. The van der Waals surface area contributed by atoms with Gasteiger partial charge in [-0.05, 0) is 36.3 Å². The van der Waals surface area contributed by atoms with Gasteiger partial charge in [-0.2, -0.15) is 0 Å². The maximum absolute atomic E-state index is 5.64. The minimum Gasteiger partial charge on any atom is -0.329 e. The van der Waals surface area contributed by atoms with Crippen LogP contribution in [0.1, 0.15) is 29.9 Å². The number of aryl methyl sites for hydroxylation is 1. The van der Waals surface area contributed by atoms with Crippen molar-refractivity contribution < 1.29 is 0 Å². The lowest BCUT2D eigenvalue weighted by molar-refractivity contribution is 0.127. The molecular weight excluding hydrogens is 246 g/mol. The molecule has 0 aromatic heterocycles. The smallest absolute Gasteiger partial charge is 0.0110 e. The van der Waals surface area contributed by atoms with Gasteiger partial charge in [-0.15, -0.1) is 0 Å². The predicted molar refractivity (Wildman–Crippen MR) is 84.1 cm³/mol. The standard InChI is InChI=1S/C17H27N3/c18-8-9-19-10-12-20(13-11-19)14-16-6-3-5-15-4-1-2-7-17(15)16/h1-2,4,7,16H,3,5-6,8-14,18H2. The zero-order valence-electron chi connectivity index (χ0n) is 12.4. The van der Waals surface area contributed by atoms with Gasteiger partial charge in [0.2, 0.25) is 0 Å². The van der Waals surface area contributed by atoms with Gasteiger partial charge in [0.05, 0.1) is 0 Å². The average Bonchev–Trinajstić information content (AvgIpc) is 2.50. The average molecular weight is 273 g/mol. The second kappa shape index (κ2) is 6.70. The highest BCUT2D eigenvalue weighted by molar-refractivity contribution is 5.32. The summed E-state index contributed by atoms with van der Waals surface area (Å²) in [6.07, 6.45) is 3.99. The predicted octanol–water partition coefficient (Wildman–Crippen LogP) is 1.68. The first kappa shape index (κ1) is 14.1. The number of hydrogen-bond donors (Lipinski definition) is 1. The SMILES string of the molecule is NCCN1CCN(CC2CCCc3ccccc32)CC1. The summed E-state index contributed by atoms with van der Waals surface area (Å²) in [5.41, 5.74) is 8.84. The summed E-state index contributed by atoms with van der Waals surface area (Å²) in [6.45, 7) is 7.87. The number of nitrogens with zero attached hydrogens (tertiary/aromatic N) is 2. The molecule has 1 aromatic carbocycles. The van der Waals surface area contributed by atoms with Gasteiger partial charge in [-0.25, -0.2) is 0 Å². The molecule has 110 valence electrons. The summed E-state index contributed by atoms with van der Waals surface area (Å²) >= 11 is 0. The van der Waals surface area contributed by atoms with Crippen LogP contribution >= 0.6 is 0 Å². The second-order valence-electron chi connectivity index (χ2n) is 6.22. The highest BCUT2D eigenvalue weighted by atomic mass is 15.3. The molecule has 1 aromatic rings. The highest BCUT2D eigenvalue weighted by Gasteiger charge is 2.24. The maximum atomic E-state index is 5.64. The summed E-state index contributed by atoms with van der Waals surface area (Å²) in [6, 6.07) is 9.06. The quantitative estimate of drug-likeness (QED) is 0.906. The van der Waals surface area contributed by atoms with Crippen molar-refractivity contribution >= 4 is 0 Å². The van der Waals surface area contributed by atoms with E-state index < -0.39 is 0 Å². The minimum atomic E-state index is 0.751. The van der Waals surface area contributed by atoms with E-state index in [-0.39, 0.29) is 0 Å². The first-order valence-electron chi connectivity index (χ1n) is 8.09. The van der Waals surface area contributed by atoms with Crippen LogP contribution in [0.5, 0.6) is 0 Å². The summed E-state index contributed by atoms with van der Waals surface area (Å²) in [7, 11) is 0. The lowest BCUT2D eigenvalue weighted by atomic mass is 9.82. The normalized spacial score (nSPS) is 24.6. The molecule has 2 N–H and O–H groups in total. The fourth-order valence-corrected chi connectivity index (χ4v) is 3.73. The van der Waals surface area contributed by atoms with Crippen LogP contribution in [0.15, 0.2) is 24.3 Å². The van der Waals surface area contributed by atoms with Crippen molar-refractivity contribution in [2.24, 2.45) is 5.73 Å². The zero-order valence-corrected chi connectivity index (χ0v) is 12.4. The van der Waals surface area contributed by atoms with E-state index >= 15 is 0 Å². The molecule has 0 spiro atoms. The minimum absolute atomic E-state index is 0.751. The maximum Gasteiger partial charge on any atom is 0.0110 e. The topological polar surface area (TPSA) is 32.5 Å². The Labute approximate surface area is 122 Å². The van der Waals surface area contributed by atoms with Gasteiger partial charge in [0.1, 0.15) is 0 Å². The number of benzene rings is 1. The van der Waals surface area contributed by atoms with Crippen LogP contribution in [0.25, 0.3) is 0 Å². The number of hydrogen-bond acceptors (Lipinski definition) is 3. The first-order valence-corrected chi connectivity index (χ1v) is 8.09. The molecule has 0 saturated carbocycles. The van der Waals surface area contributed by atoms with Crippen LogP contribution in [-0.4, -0.2) is 55.6 Å². The molecule has 0 bridgehead atoms. The van der Waals surface area contributed by atoms with E-state index in [4.69, 9.17) is 5.73 Å². The Morgan fingerprint density at radius 3 is 2.60 bits per heavy atom. The summed E-state index contributed by atoms with van der Waals surface area (Å²) in [5.74, 6) is 0.751. The van der Waals surface area contributed by atoms with Crippen molar-refractivity contribution in [3.8, 4) is 0 Å². The Kier molecular flexibility index (Phi) is 4.71. The third kappa shape index (κ3) is 3.22. The van der Waals surface area contributed by atoms with Gasteiger partial charge in [0, 0.05) is 45.8 Å². The molecule has 0 radical (unpaired) electrons. The van der Waals surface area contributed by atoms with Gasteiger partial charge in [-0.3, -0.25) is 4.90 Å². The number of fused-ring (bicyclic) bond motifs is 1. The molecule has 1 heterocycles. The molecule has 0 amide bonds. The van der Waals surface area contributed by atoms with E-state index in [1.54, 1.807) is 11.1 Å². The first-order chi connectivity index (χ1) is 9.86. The van der Waals surface area contributed by atoms with Gasteiger partial charge in [0.15, 0.2) is 0 Å². The fraction of sp³-hybridized carbons (Fsp3) is 0.647. The molecular formula is C17H27N3. The summed E-state index contributed by atoms with van der Waals surface area (Å²) in [4.78, 5) is 5.14. The van der Waals surface area contributed by atoms with E-state index in [1.807, 2.05) is 0 Å². The zero-order chi connectivity index (χ0) is 13.8. The Morgan fingerprint density at radius 1 is 1.05 bits per heavy atom. The Morgan fingerprint density at radius 2 is 1.80 bits per heavy atom. The van der Waals surface area contributed by atoms with Crippen molar-refractivity contribution in [2.75, 3.05) is 45.8 Å². The largest absolute Gasteiger partial charge is 0.329 e. The molecule has 1 fully saturated rings. The van der Waals surface area contributed by atoms with E-state index in [0.29, 0.717) is 0 Å². The van der Waals surface area contributed by atoms with Gasteiger partial charge >= 0.3 is 0 Å². The van der Waals surface area contributed by atoms with Crippen LogP contribution in [0.3, 0.4) is 0 Å². The van der Waals surface area contributed by atoms with E-state index in [2.05, 4.69) is 34.1 Å². The second-order valence-corrected chi connectivity index (χ2v) is 6.22. The number of rotatable bonds is 4. The van der Waals surface area contributed by atoms with Crippen LogP contribution in [0.4, 0.5) is 0 Å². The third-order valence-electron chi connectivity index (χ3n) is 4.88. The lowest BCUT2D eigenvalue weighted by Gasteiger charge is -2.37. The monoisotopic (exact) mass is 273 g/mol. The number of piperazine rings is 1. The molecule has 20 heavy (non-hydrogen) atoms. The molecule has 1 saturated heterocycles. The number of nitrogens with two attached hydrogens (primary N) is 1. The molecule has 1 aliphatic heterocycles. The molecule has 1 aliphatic carbocycles. The molecule has 1 atom stereocenters. The van der Waals surface area contributed by atoms with Crippen molar-refractivity contribution in [1.29, 1.82) is 0 Å². The van der Waals surface area contributed by atoms with Crippen molar-refractivity contribution in [1.82, 2.24) is 9.80 Å². The Bertz CT molecular complexity index is 424.